The summed E-state index contributed by atoms with van der Waals surface area (Å²) in [5.41, 5.74) is 2.88. The van der Waals surface area contributed by atoms with Gasteiger partial charge in [-0.2, -0.15) is 5.10 Å². The van der Waals surface area contributed by atoms with Gasteiger partial charge in [-0.25, -0.2) is 0 Å². The standard InChI is InChI=1S/C15H26BrN3/c1-5-15(8-6-7-9-15)13(17-3)10-12-14(16)11(2)18-19(12)4/h13,17H,5-10H2,1-4H3. The average molecular weight is 328 g/mol. The van der Waals surface area contributed by atoms with Gasteiger partial charge >= 0.3 is 0 Å². The summed E-state index contributed by atoms with van der Waals surface area (Å²) in [6.45, 7) is 4.41. The molecule has 0 saturated heterocycles. The number of nitrogens with one attached hydrogen (secondary N) is 1. The number of hydrogen-bond acceptors (Lipinski definition) is 2. The van der Waals surface area contributed by atoms with E-state index in [1.807, 2.05) is 11.7 Å². The molecule has 0 radical (unpaired) electrons. The fourth-order valence-electron chi connectivity index (χ4n) is 3.75. The van der Waals surface area contributed by atoms with E-state index in [-0.39, 0.29) is 0 Å². The second-order valence-corrected chi connectivity index (χ2v) is 6.73. The van der Waals surface area contributed by atoms with Crippen LogP contribution in [-0.4, -0.2) is 22.9 Å². The van der Waals surface area contributed by atoms with E-state index in [2.05, 4.69) is 47.2 Å². The van der Waals surface area contributed by atoms with Crippen molar-refractivity contribution in [3.8, 4) is 0 Å². The van der Waals surface area contributed by atoms with Crippen molar-refractivity contribution in [2.24, 2.45) is 12.5 Å². The molecule has 0 amide bonds. The minimum absolute atomic E-state index is 0.479. The monoisotopic (exact) mass is 327 g/mol. The molecule has 3 nitrogen and oxygen atoms in total. The van der Waals surface area contributed by atoms with Gasteiger partial charge in [-0.3, -0.25) is 4.68 Å². The van der Waals surface area contributed by atoms with Crippen LogP contribution in [0.15, 0.2) is 4.47 Å². The molecule has 0 aliphatic heterocycles. The number of halogens is 1. The second-order valence-electron chi connectivity index (χ2n) is 5.94. The summed E-state index contributed by atoms with van der Waals surface area (Å²) in [6.07, 6.45) is 7.83. The van der Waals surface area contributed by atoms with Crippen molar-refractivity contribution in [3.05, 3.63) is 15.9 Å². The van der Waals surface area contributed by atoms with Gasteiger partial charge in [0.05, 0.1) is 15.9 Å². The van der Waals surface area contributed by atoms with E-state index in [4.69, 9.17) is 0 Å². The van der Waals surface area contributed by atoms with E-state index in [0.29, 0.717) is 11.5 Å². The normalized spacial score (nSPS) is 19.8. The lowest BCUT2D eigenvalue weighted by Gasteiger charge is -2.37. The fourth-order valence-corrected chi connectivity index (χ4v) is 4.25. The van der Waals surface area contributed by atoms with E-state index in [1.54, 1.807) is 0 Å². The first-order valence-electron chi connectivity index (χ1n) is 7.39. The van der Waals surface area contributed by atoms with Crippen LogP contribution in [0.4, 0.5) is 0 Å². The topological polar surface area (TPSA) is 29.9 Å². The Hall–Kier alpha value is -0.350. The zero-order valence-corrected chi connectivity index (χ0v) is 14.2. The van der Waals surface area contributed by atoms with Gasteiger partial charge in [-0.1, -0.05) is 19.8 Å². The lowest BCUT2D eigenvalue weighted by molar-refractivity contribution is 0.190. The van der Waals surface area contributed by atoms with Crippen molar-refractivity contribution in [3.63, 3.8) is 0 Å². The first-order valence-corrected chi connectivity index (χ1v) is 8.18. The van der Waals surface area contributed by atoms with Gasteiger partial charge in [0.25, 0.3) is 0 Å². The zero-order chi connectivity index (χ0) is 14.0. The first-order chi connectivity index (χ1) is 9.04. The molecular formula is C15H26BrN3. The maximum absolute atomic E-state index is 4.52. The third-order valence-corrected chi connectivity index (χ3v) is 6.08. The summed E-state index contributed by atoms with van der Waals surface area (Å²) < 4.78 is 3.21. The summed E-state index contributed by atoms with van der Waals surface area (Å²) in [5, 5.41) is 8.10. The molecule has 19 heavy (non-hydrogen) atoms. The summed E-state index contributed by atoms with van der Waals surface area (Å²) >= 11 is 3.70. The molecule has 1 atom stereocenters. The second kappa shape index (κ2) is 5.96. The van der Waals surface area contributed by atoms with Crippen molar-refractivity contribution in [2.75, 3.05) is 7.05 Å². The highest BCUT2D eigenvalue weighted by atomic mass is 79.9. The number of aryl methyl sites for hydroxylation is 2. The van der Waals surface area contributed by atoms with Gasteiger partial charge in [0.2, 0.25) is 0 Å². The van der Waals surface area contributed by atoms with Crippen LogP contribution in [0.1, 0.15) is 50.4 Å². The Morgan fingerprint density at radius 3 is 2.47 bits per heavy atom. The van der Waals surface area contributed by atoms with Crippen LogP contribution >= 0.6 is 15.9 Å². The highest BCUT2D eigenvalue weighted by Crippen LogP contribution is 2.45. The van der Waals surface area contributed by atoms with Gasteiger partial charge in [0.1, 0.15) is 0 Å². The van der Waals surface area contributed by atoms with Gasteiger partial charge < -0.3 is 5.32 Å². The predicted molar refractivity (Wildman–Crippen MR) is 83.4 cm³/mol. The van der Waals surface area contributed by atoms with E-state index >= 15 is 0 Å². The third-order valence-electron chi connectivity index (χ3n) is 5.05. The van der Waals surface area contributed by atoms with Crippen LogP contribution in [0.5, 0.6) is 0 Å². The maximum Gasteiger partial charge on any atom is 0.0738 e. The molecule has 1 aliphatic carbocycles. The Kier molecular flexibility index (Phi) is 4.72. The Morgan fingerprint density at radius 1 is 1.42 bits per heavy atom. The van der Waals surface area contributed by atoms with Crippen molar-refractivity contribution in [1.82, 2.24) is 15.1 Å². The van der Waals surface area contributed by atoms with Crippen molar-refractivity contribution < 1.29 is 0 Å². The Balaban J connectivity index is 2.23. The number of likely N-dealkylation sites (N-methyl/N-ethyl adjacent to an activating group) is 1. The Labute approximate surface area is 125 Å². The molecule has 0 bridgehead atoms. The maximum atomic E-state index is 4.52. The van der Waals surface area contributed by atoms with E-state index in [1.165, 1.54) is 42.3 Å². The summed E-state index contributed by atoms with van der Waals surface area (Å²) in [4.78, 5) is 0. The molecule has 1 fully saturated rings. The molecule has 4 heteroatoms. The molecule has 108 valence electrons. The quantitative estimate of drug-likeness (QED) is 0.895. The molecule has 1 aromatic heterocycles. The van der Waals surface area contributed by atoms with Gasteiger partial charge in [0, 0.05) is 19.5 Å². The summed E-state index contributed by atoms with van der Waals surface area (Å²) in [7, 11) is 4.16. The van der Waals surface area contributed by atoms with Crippen LogP contribution in [0.25, 0.3) is 0 Å². The van der Waals surface area contributed by atoms with Crippen LogP contribution in [-0.2, 0) is 13.5 Å². The van der Waals surface area contributed by atoms with E-state index in [9.17, 15) is 0 Å². The molecule has 1 saturated carbocycles. The number of aromatic nitrogens is 2. The van der Waals surface area contributed by atoms with Crippen LogP contribution < -0.4 is 5.32 Å². The number of hydrogen-bond donors (Lipinski definition) is 1. The number of rotatable bonds is 5. The molecule has 1 heterocycles. The molecular weight excluding hydrogens is 302 g/mol. The van der Waals surface area contributed by atoms with Crippen molar-refractivity contribution >= 4 is 15.9 Å². The first kappa shape index (κ1) is 15.0. The summed E-state index contributed by atoms with van der Waals surface area (Å²) in [6, 6.07) is 0.547. The SMILES string of the molecule is CCC1(C(Cc2c(Br)c(C)nn2C)NC)CCCC1. The summed E-state index contributed by atoms with van der Waals surface area (Å²) in [5.74, 6) is 0. The minimum Gasteiger partial charge on any atom is -0.316 e. The molecule has 2 rings (SSSR count). The molecule has 1 N–H and O–H groups in total. The highest BCUT2D eigenvalue weighted by Gasteiger charge is 2.39. The molecule has 1 aliphatic rings. The van der Waals surface area contributed by atoms with E-state index in [0.717, 1.165) is 12.1 Å². The minimum atomic E-state index is 0.479. The van der Waals surface area contributed by atoms with Crippen molar-refractivity contribution in [1.29, 1.82) is 0 Å². The molecule has 1 aromatic rings. The lowest BCUT2D eigenvalue weighted by Crippen LogP contribution is -2.43. The Morgan fingerprint density at radius 2 is 2.05 bits per heavy atom. The third kappa shape index (κ3) is 2.75. The average Bonchev–Trinajstić information content (AvgIpc) is 2.96. The van der Waals surface area contributed by atoms with Crippen molar-refractivity contribution in [2.45, 2.75) is 58.4 Å². The van der Waals surface area contributed by atoms with Crippen LogP contribution in [0.3, 0.4) is 0 Å². The van der Waals surface area contributed by atoms with E-state index < -0.39 is 0 Å². The highest BCUT2D eigenvalue weighted by molar-refractivity contribution is 9.10. The molecule has 0 aromatic carbocycles. The van der Waals surface area contributed by atoms with Gasteiger partial charge in [-0.15, -0.1) is 0 Å². The number of nitrogens with zero attached hydrogens (tertiary/aromatic N) is 2. The van der Waals surface area contributed by atoms with Gasteiger partial charge in [0.15, 0.2) is 0 Å². The zero-order valence-electron chi connectivity index (χ0n) is 12.6. The van der Waals surface area contributed by atoms with Gasteiger partial charge in [-0.05, 0) is 54.6 Å². The van der Waals surface area contributed by atoms with Crippen LogP contribution in [0.2, 0.25) is 0 Å². The smallest absolute Gasteiger partial charge is 0.0738 e. The fraction of sp³-hybridized carbons (Fsp3) is 0.800. The molecule has 1 unspecified atom stereocenters. The van der Waals surface area contributed by atoms with Crippen LogP contribution in [0, 0.1) is 12.3 Å². The molecule has 0 spiro atoms. The lowest BCUT2D eigenvalue weighted by atomic mass is 9.74. The largest absolute Gasteiger partial charge is 0.316 e. The Bertz CT molecular complexity index is 433. The predicted octanol–water partition coefficient (Wildman–Crippen LogP) is 3.59.